The lowest BCUT2D eigenvalue weighted by Gasteiger charge is -2.09. The summed E-state index contributed by atoms with van der Waals surface area (Å²) in [6.07, 6.45) is 0. The number of fused-ring (bicyclic) bond motifs is 2. The SMILES string of the molecule is COc1cc(OC)c2c(=O)c3c(O)cc(C)cc3oc2c1. The van der Waals surface area contributed by atoms with Crippen LogP contribution in [0.5, 0.6) is 17.2 Å². The largest absolute Gasteiger partial charge is 0.507 e. The van der Waals surface area contributed by atoms with Crippen molar-refractivity contribution in [3.8, 4) is 17.2 Å². The summed E-state index contributed by atoms with van der Waals surface area (Å²) in [6.45, 7) is 1.81. The van der Waals surface area contributed by atoms with E-state index in [-0.39, 0.29) is 22.0 Å². The number of hydrogen-bond donors (Lipinski definition) is 1. The minimum absolute atomic E-state index is 0.0986. The molecule has 108 valence electrons. The van der Waals surface area contributed by atoms with E-state index in [0.29, 0.717) is 22.7 Å². The molecule has 1 aromatic heterocycles. The minimum Gasteiger partial charge on any atom is -0.507 e. The molecule has 0 bridgehead atoms. The van der Waals surface area contributed by atoms with E-state index in [9.17, 15) is 9.90 Å². The van der Waals surface area contributed by atoms with Gasteiger partial charge in [0.15, 0.2) is 0 Å². The lowest BCUT2D eigenvalue weighted by atomic mass is 10.1. The van der Waals surface area contributed by atoms with Gasteiger partial charge in [-0.3, -0.25) is 4.79 Å². The number of rotatable bonds is 2. The van der Waals surface area contributed by atoms with Gasteiger partial charge in [-0.25, -0.2) is 0 Å². The van der Waals surface area contributed by atoms with Crippen LogP contribution in [0.2, 0.25) is 0 Å². The maximum absolute atomic E-state index is 12.7. The Bertz CT molecular complexity index is 908. The number of hydrogen-bond acceptors (Lipinski definition) is 5. The smallest absolute Gasteiger partial charge is 0.208 e. The molecule has 3 rings (SSSR count). The van der Waals surface area contributed by atoms with Gasteiger partial charge in [0.1, 0.15) is 39.2 Å². The number of ether oxygens (including phenoxy) is 2. The Morgan fingerprint density at radius 1 is 1.00 bits per heavy atom. The van der Waals surface area contributed by atoms with Gasteiger partial charge in [-0.15, -0.1) is 0 Å². The van der Waals surface area contributed by atoms with Crippen LogP contribution in [0.4, 0.5) is 0 Å². The van der Waals surface area contributed by atoms with Crippen molar-refractivity contribution in [1.29, 1.82) is 0 Å². The fraction of sp³-hybridized carbons (Fsp3) is 0.188. The Morgan fingerprint density at radius 3 is 2.38 bits per heavy atom. The molecule has 1 heterocycles. The maximum Gasteiger partial charge on any atom is 0.208 e. The van der Waals surface area contributed by atoms with Crippen LogP contribution in [0.15, 0.2) is 33.5 Å². The van der Waals surface area contributed by atoms with E-state index in [4.69, 9.17) is 13.9 Å². The van der Waals surface area contributed by atoms with Crippen LogP contribution in [-0.2, 0) is 0 Å². The summed E-state index contributed by atoms with van der Waals surface area (Å²) in [4.78, 5) is 12.7. The van der Waals surface area contributed by atoms with E-state index in [0.717, 1.165) is 5.56 Å². The monoisotopic (exact) mass is 286 g/mol. The van der Waals surface area contributed by atoms with Gasteiger partial charge in [-0.1, -0.05) is 0 Å². The molecule has 21 heavy (non-hydrogen) atoms. The Balaban J connectivity index is 2.56. The van der Waals surface area contributed by atoms with Crippen LogP contribution in [0.3, 0.4) is 0 Å². The van der Waals surface area contributed by atoms with Gasteiger partial charge in [-0.2, -0.15) is 0 Å². The van der Waals surface area contributed by atoms with Gasteiger partial charge in [0.25, 0.3) is 0 Å². The van der Waals surface area contributed by atoms with E-state index in [1.165, 1.54) is 20.3 Å². The lowest BCUT2D eigenvalue weighted by Crippen LogP contribution is -2.05. The molecule has 0 amide bonds. The minimum atomic E-state index is -0.330. The summed E-state index contributed by atoms with van der Waals surface area (Å²) < 4.78 is 16.2. The number of aromatic hydroxyl groups is 1. The molecule has 2 aromatic carbocycles. The first kappa shape index (κ1) is 13.3. The number of phenolic OH excluding ortho intramolecular Hbond substituents is 1. The van der Waals surface area contributed by atoms with Gasteiger partial charge in [0, 0.05) is 12.1 Å². The Hall–Kier alpha value is -2.69. The Morgan fingerprint density at radius 2 is 1.71 bits per heavy atom. The second-order valence-electron chi connectivity index (χ2n) is 4.79. The van der Waals surface area contributed by atoms with E-state index >= 15 is 0 Å². The average Bonchev–Trinajstić information content (AvgIpc) is 2.44. The van der Waals surface area contributed by atoms with Crippen LogP contribution in [0.1, 0.15) is 5.56 Å². The van der Waals surface area contributed by atoms with Crippen LogP contribution in [0.25, 0.3) is 21.9 Å². The first-order valence-corrected chi connectivity index (χ1v) is 6.37. The van der Waals surface area contributed by atoms with Crippen LogP contribution in [0, 0.1) is 6.92 Å². The van der Waals surface area contributed by atoms with Crippen molar-refractivity contribution in [2.45, 2.75) is 6.92 Å². The third kappa shape index (κ3) is 1.98. The zero-order chi connectivity index (χ0) is 15.1. The van der Waals surface area contributed by atoms with Gasteiger partial charge in [0.05, 0.1) is 14.2 Å². The van der Waals surface area contributed by atoms with Crippen molar-refractivity contribution in [1.82, 2.24) is 0 Å². The molecule has 3 aromatic rings. The van der Waals surface area contributed by atoms with Crippen LogP contribution in [-0.4, -0.2) is 19.3 Å². The second kappa shape index (κ2) is 4.70. The standard InChI is InChI=1S/C16H14O5/c1-8-4-10(17)14-12(5-8)21-13-7-9(19-2)6-11(20-3)15(13)16(14)18/h4-7,17H,1-3H3. The fourth-order valence-corrected chi connectivity index (χ4v) is 2.44. The van der Waals surface area contributed by atoms with E-state index in [1.54, 1.807) is 18.2 Å². The molecule has 0 aliphatic heterocycles. The van der Waals surface area contributed by atoms with Crippen molar-refractivity contribution >= 4 is 21.9 Å². The molecule has 0 aliphatic rings. The van der Waals surface area contributed by atoms with Crippen molar-refractivity contribution in [3.05, 3.63) is 40.1 Å². The van der Waals surface area contributed by atoms with Crippen molar-refractivity contribution in [3.63, 3.8) is 0 Å². The topological polar surface area (TPSA) is 68.9 Å². The summed E-state index contributed by atoms with van der Waals surface area (Å²) >= 11 is 0. The highest BCUT2D eigenvalue weighted by molar-refractivity contribution is 5.96. The third-order valence-electron chi connectivity index (χ3n) is 3.39. The van der Waals surface area contributed by atoms with Crippen molar-refractivity contribution in [2.24, 2.45) is 0 Å². The molecular formula is C16H14O5. The molecule has 0 aliphatic carbocycles. The van der Waals surface area contributed by atoms with Crippen LogP contribution >= 0.6 is 0 Å². The summed E-state index contributed by atoms with van der Waals surface area (Å²) in [5, 5.41) is 10.5. The molecular weight excluding hydrogens is 272 g/mol. The van der Waals surface area contributed by atoms with Gasteiger partial charge < -0.3 is 19.0 Å². The Kier molecular flexibility index (Phi) is 2.97. The Labute approximate surface area is 120 Å². The summed E-state index contributed by atoms with van der Waals surface area (Å²) in [7, 11) is 2.99. The predicted octanol–water partition coefficient (Wildman–Crippen LogP) is 2.98. The molecule has 0 saturated heterocycles. The van der Waals surface area contributed by atoms with Crippen LogP contribution < -0.4 is 14.9 Å². The first-order chi connectivity index (χ1) is 10.0. The lowest BCUT2D eigenvalue weighted by molar-refractivity contribution is 0.396. The maximum atomic E-state index is 12.7. The molecule has 0 saturated carbocycles. The molecule has 0 fully saturated rings. The molecule has 0 atom stereocenters. The zero-order valence-electron chi connectivity index (χ0n) is 11.9. The predicted molar refractivity (Wildman–Crippen MR) is 79.5 cm³/mol. The van der Waals surface area contributed by atoms with Crippen molar-refractivity contribution < 1.29 is 19.0 Å². The quantitative estimate of drug-likeness (QED) is 0.733. The first-order valence-electron chi connectivity index (χ1n) is 6.37. The molecule has 0 unspecified atom stereocenters. The number of benzene rings is 2. The zero-order valence-corrected chi connectivity index (χ0v) is 11.9. The number of phenols is 1. The molecule has 5 nitrogen and oxygen atoms in total. The van der Waals surface area contributed by atoms with E-state index in [2.05, 4.69) is 0 Å². The summed E-state index contributed by atoms with van der Waals surface area (Å²) in [5.41, 5.74) is 1.16. The van der Waals surface area contributed by atoms with E-state index in [1.807, 2.05) is 6.92 Å². The van der Waals surface area contributed by atoms with E-state index < -0.39 is 0 Å². The highest BCUT2D eigenvalue weighted by atomic mass is 16.5. The molecule has 0 radical (unpaired) electrons. The molecule has 0 spiro atoms. The average molecular weight is 286 g/mol. The molecule has 5 heteroatoms. The highest BCUT2D eigenvalue weighted by Crippen LogP contribution is 2.33. The van der Waals surface area contributed by atoms with Crippen molar-refractivity contribution in [2.75, 3.05) is 14.2 Å². The second-order valence-corrected chi connectivity index (χ2v) is 4.79. The van der Waals surface area contributed by atoms with Gasteiger partial charge in [0.2, 0.25) is 5.43 Å². The normalized spacial score (nSPS) is 11.0. The number of methoxy groups -OCH3 is 2. The van der Waals surface area contributed by atoms with Gasteiger partial charge in [-0.05, 0) is 24.6 Å². The fourth-order valence-electron chi connectivity index (χ4n) is 2.44. The third-order valence-corrected chi connectivity index (χ3v) is 3.39. The van der Waals surface area contributed by atoms with Gasteiger partial charge >= 0.3 is 0 Å². The molecule has 1 N–H and O–H groups in total. The summed E-state index contributed by atoms with van der Waals surface area (Å²) in [5.74, 6) is 0.775. The summed E-state index contributed by atoms with van der Waals surface area (Å²) in [6, 6.07) is 6.47. The number of aryl methyl sites for hydroxylation is 1. The highest BCUT2D eigenvalue weighted by Gasteiger charge is 2.17.